The molecule has 1 aliphatic rings. The van der Waals surface area contributed by atoms with E-state index in [0.717, 1.165) is 5.56 Å². The molecule has 2 atom stereocenters. The number of carbonyl (C=O) groups excluding carboxylic acids is 2. The van der Waals surface area contributed by atoms with Gasteiger partial charge in [-0.05, 0) is 36.8 Å². The SMILES string of the molecule is Cc1cc(C(=O)N2CC[C@H](Oc3ccc(F)cc3)[C@@H](CC(=O)N(C)Cc3ccccc3)C2)on1. The maximum absolute atomic E-state index is 13.3. The average molecular weight is 466 g/mol. The highest BCUT2D eigenvalue weighted by molar-refractivity contribution is 5.91. The van der Waals surface area contributed by atoms with Crippen molar-refractivity contribution in [1.82, 2.24) is 15.0 Å². The Morgan fingerprint density at radius 3 is 2.59 bits per heavy atom. The first kappa shape index (κ1) is 23.5. The minimum absolute atomic E-state index is 0.0358. The van der Waals surface area contributed by atoms with Gasteiger partial charge in [0.1, 0.15) is 17.7 Å². The number of ether oxygens (including phenoxy) is 1. The molecule has 1 saturated heterocycles. The van der Waals surface area contributed by atoms with Crippen LogP contribution in [0.4, 0.5) is 4.39 Å². The van der Waals surface area contributed by atoms with Crippen molar-refractivity contribution >= 4 is 11.8 Å². The van der Waals surface area contributed by atoms with E-state index in [0.29, 0.717) is 37.5 Å². The molecule has 0 unspecified atom stereocenters. The van der Waals surface area contributed by atoms with Crippen molar-refractivity contribution in [2.45, 2.75) is 32.4 Å². The summed E-state index contributed by atoms with van der Waals surface area (Å²) in [6.07, 6.45) is 0.463. The van der Waals surface area contributed by atoms with Gasteiger partial charge >= 0.3 is 0 Å². The van der Waals surface area contributed by atoms with E-state index in [-0.39, 0.29) is 41.8 Å². The lowest BCUT2D eigenvalue weighted by atomic mass is 9.90. The fourth-order valence-electron chi connectivity index (χ4n) is 4.18. The first-order valence-electron chi connectivity index (χ1n) is 11.3. The predicted molar refractivity (Wildman–Crippen MR) is 124 cm³/mol. The summed E-state index contributed by atoms with van der Waals surface area (Å²) in [7, 11) is 1.77. The summed E-state index contributed by atoms with van der Waals surface area (Å²) in [4.78, 5) is 29.4. The number of hydrogen-bond acceptors (Lipinski definition) is 5. The molecule has 3 aromatic rings. The van der Waals surface area contributed by atoms with Crippen molar-refractivity contribution in [2.24, 2.45) is 5.92 Å². The number of hydrogen-bond donors (Lipinski definition) is 0. The van der Waals surface area contributed by atoms with E-state index in [2.05, 4.69) is 5.16 Å². The van der Waals surface area contributed by atoms with E-state index >= 15 is 0 Å². The summed E-state index contributed by atoms with van der Waals surface area (Å²) in [6, 6.07) is 17.2. The third kappa shape index (κ3) is 5.81. The van der Waals surface area contributed by atoms with Crippen molar-refractivity contribution in [3.8, 4) is 5.75 Å². The van der Waals surface area contributed by atoms with Crippen LogP contribution in [0.3, 0.4) is 0 Å². The van der Waals surface area contributed by atoms with Gasteiger partial charge in [-0.15, -0.1) is 0 Å². The van der Waals surface area contributed by atoms with Gasteiger partial charge in [-0.2, -0.15) is 0 Å². The Hall–Kier alpha value is -3.68. The van der Waals surface area contributed by atoms with Gasteiger partial charge in [0, 0.05) is 51.5 Å². The highest BCUT2D eigenvalue weighted by atomic mass is 19.1. The van der Waals surface area contributed by atoms with E-state index in [9.17, 15) is 14.0 Å². The molecule has 34 heavy (non-hydrogen) atoms. The standard InChI is InChI=1S/C26H28FN3O4/c1-18-14-24(34-28-18)26(32)30-13-12-23(33-22-10-8-21(27)9-11-22)20(17-30)15-25(31)29(2)16-19-6-4-3-5-7-19/h3-11,14,20,23H,12-13,15-17H2,1-2H3/t20-,23-/m0/s1. The molecule has 1 fully saturated rings. The van der Waals surface area contributed by atoms with Gasteiger partial charge in [0.05, 0.1) is 5.69 Å². The molecule has 2 amide bonds. The third-order valence-corrected chi connectivity index (χ3v) is 6.02. The summed E-state index contributed by atoms with van der Waals surface area (Å²) in [5.41, 5.74) is 1.67. The molecular weight excluding hydrogens is 437 g/mol. The maximum Gasteiger partial charge on any atom is 0.292 e. The predicted octanol–water partition coefficient (Wildman–Crippen LogP) is 4.08. The van der Waals surface area contributed by atoms with Gasteiger partial charge in [0.2, 0.25) is 11.7 Å². The van der Waals surface area contributed by atoms with Gasteiger partial charge in [0.25, 0.3) is 5.91 Å². The van der Waals surface area contributed by atoms with Gasteiger partial charge < -0.3 is 19.1 Å². The van der Waals surface area contributed by atoms with Crippen molar-refractivity contribution in [1.29, 1.82) is 0 Å². The summed E-state index contributed by atoms with van der Waals surface area (Å²) in [5, 5.41) is 3.80. The Kier molecular flexibility index (Phi) is 7.25. The second kappa shape index (κ2) is 10.5. The summed E-state index contributed by atoms with van der Waals surface area (Å²) < 4.78 is 24.6. The Morgan fingerprint density at radius 1 is 1.18 bits per heavy atom. The monoisotopic (exact) mass is 465 g/mol. The van der Waals surface area contributed by atoms with Crippen LogP contribution in [-0.4, -0.2) is 53.0 Å². The number of carbonyl (C=O) groups is 2. The molecule has 178 valence electrons. The van der Waals surface area contributed by atoms with E-state index < -0.39 is 0 Å². The molecule has 1 aromatic heterocycles. The molecular formula is C26H28FN3O4. The van der Waals surface area contributed by atoms with Crippen LogP contribution in [0.5, 0.6) is 5.75 Å². The molecule has 0 radical (unpaired) electrons. The highest BCUT2D eigenvalue weighted by Crippen LogP contribution is 2.27. The molecule has 0 bridgehead atoms. The third-order valence-electron chi connectivity index (χ3n) is 6.02. The van der Waals surface area contributed by atoms with Crippen LogP contribution in [0.15, 0.2) is 65.2 Å². The number of rotatable bonds is 7. The second-order valence-corrected chi connectivity index (χ2v) is 8.68. The van der Waals surface area contributed by atoms with Crippen LogP contribution in [0.1, 0.15) is 34.7 Å². The largest absolute Gasteiger partial charge is 0.490 e. The number of piperidine rings is 1. The number of benzene rings is 2. The van der Waals surface area contributed by atoms with Gasteiger partial charge in [-0.1, -0.05) is 35.5 Å². The Labute approximate surface area is 198 Å². The Bertz CT molecular complexity index is 1120. The quantitative estimate of drug-likeness (QED) is 0.526. The van der Waals surface area contributed by atoms with Crippen LogP contribution in [0.2, 0.25) is 0 Å². The first-order chi connectivity index (χ1) is 16.4. The number of likely N-dealkylation sites (tertiary alicyclic amines) is 1. The van der Waals surface area contributed by atoms with Crippen molar-refractivity contribution in [3.63, 3.8) is 0 Å². The van der Waals surface area contributed by atoms with Gasteiger partial charge in [-0.25, -0.2) is 4.39 Å². The Morgan fingerprint density at radius 2 is 1.91 bits per heavy atom. The topological polar surface area (TPSA) is 75.9 Å². The van der Waals surface area contributed by atoms with E-state index in [4.69, 9.17) is 9.26 Å². The summed E-state index contributed by atoms with van der Waals surface area (Å²) in [6.45, 7) is 3.05. The van der Waals surface area contributed by atoms with E-state index in [1.807, 2.05) is 30.3 Å². The number of amides is 2. The molecule has 7 nitrogen and oxygen atoms in total. The molecule has 0 aliphatic carbocycles. The first-order valence-corrected chi connectivity index (χ1v) is 11.3. The fourth-order valence-corrected chi connectivity index (χ4v) is 4.18. The summed E-state index contributed by atoms with van der Waals surface area (Å²) >= 11 is 0. The molecule has 0 saturated carbocycles. The molecule has 4 rings (SSSR count). The number of nitrogens with zero attached hydrogens (tertiary/aromatic N) is 3. The van der Waals surface area contributed by atoms with Crippen molar-refractivity contribution < 1.29 is 23.2 Å². The van der Waals surface area contributed by atoms with E-state index in [1.54, 1.807) is 42.0 Å². The van der Waals surface area contributed by atoms with Crippen LogP contribution in [0.25, 0.3) is 0 Å². The van der Waals surface area contributed by atoms with Crippen molar-refractivity contribution in [3.05, 3.63) is 83.5 Å². The van der Waals surface area contributed by atoms with Crippen LogP contribution in [0, 0.1) is 18.7 Å². The average Bonchev–Trinajstić information content (AvgIpc) is 3.28. The fraction of sp³-hybridized carbons (Fsp3) is 0.346. The van der Waals surface area contributed by atoms with Crippen LogP contribution >= 0.6 is 0 Å². The maximum atomic E-state index is 13.3. The molecule has 1 aliphatic heterocycles. The second-order valence-electron chi connectivity index (χ2n) is 8.68. The van der Waals surface area contributed by atoms with Crippen molar-refractivity contribution in [2.75, 3.05) is 20.1 Å². The lowest BCUT2D eigenvalue weighted by Gasteiger charge is -2.38. The minimum atomic E-state index is -0.343. The number of aromatic nitrogens is 1. The lowest BCUT2D eigenvalue weighted by Crippen LogP contribution is -2.49. The highest BCUT2D eigenvalue weighted by Gasteiger charge is 2.36. The lowest BCUT2D eigenvalue weighted by molar-refractivity contribution is -0.133. The summed E-state index contributed by atoms with van der Waals surface area (Å²) in [5.74, 6) is -0.155. The van der Waals surface area contributed by atoms with Crippen LogP contribution < -0.4 is 4.74 Å². The van der Waals surface area contributed by atoms with Crippen LogP contribution in [-0.2, 0) is 11.3 Å². The normalized spacial score (nSPS) is 17.9. The number of aryl methyl sites for hydroxylation is 1. The van der Waals surface area contributed by atoms with Gasteiger partial charge in [-0.3, -0.25) is 9.59 Å². The molecule has 8 heteroatoms. The van der Waals surface area contributed by atoms with E-state index in [1.165, 1.54) is 12.1 Å². The zero-order valence-electron chi connectivity index (χ0n) is 19.3. The molecule has 0 spiro atoms. The number of halogens is 1. The molecule has 2 aromatic carbocycles. The Balaban J connectivity index is 1.47. The molecule has 0 N–H and O–H groups in total. The smallest absolute Gasteiger partial charge is 0.292 e. The zero-order chi connectivity index (χ0) is 24.1. The van der Waals surface area contributed by atoms with Gasteiger partial charge in [0.15, 0.2) is 0 Å². The minimum Gasteiger partial charge on any atom is -0.490 e. The molecule has 2 heterocycles. The zero-order valence-corrected chi connectivity index (χ0v) is 19.3.